The zero-order valence-corrected chi connectivity index (χ0v) is 13.5. The Bertz CT molecular complexity index is 734. The highest BCUT2D eigenvalue weighted by Crippen LogP contribution is 2.41. The quantitative estimate of drug-likeness (QED) is 0.645. The van der Waals surface area contributed by atoms with Crippen molar-refractivity contribution in [3.63, 3.8) is 0 Å². The van der Waals surface area contributed by atoms with Gasteiger partial charge < -0.3 is 16.4 Å². The minimum Gasteiger partial charge on any atom is -0.396 e. The van der Waals surface area contributed by atoms with E-state index in [1.165, 1.54) is 0 Å². The Morgan fingerprint density at radius 2 is 1.14 bits per heavy atom. The van der Waals surface area contributed by atoms with Crippen LogP contribution in [0.5, 0.6) is 0 Å². The third-order valence-corrected chi connectivity index (χ3v) is 4.17. The maximum Gasteiger partial charge on any atom is 0.0804 e. The number of para-hydroxylation sites is 2. The number of nitrogens with two attached hydrogens (primary N) is 2. The molecular formula is C18H16BrN3. The number of nitrogen functional groups attached to an aromatic ring is 2. The van der Waals surface area contributed by atoms with E-state index in [1.54, 1.807) is 0 Å². The molecule has 0 amide bonds. The summed E-state index contributed by atoms with van der Waals surface area (Å²) >= 11 is 3.42. The normalized spacial score (nSPS) is 10.4. The average molecular weight is 354 g/mol. The van der Waals surface area contributed by atoms with E-state index in [-0.39, 0.29) is 0 Å². The fourth-order valence-electron chi connectivity index (χ4n) is 2.37. The molecule has 110 valence electrons. The summed E-state index contributed by atoms with van der Waals surface area (Å²) in [7, 11) is 0. The largest absolute Gasteiger partial charge is 0.396 e. The molecule has 0 aliphatic carbocycles. The summed E-state index contributed by atoms with van der Waals surface area (Å²) < 4.78 is 0.801. The first-order valence-corrected chi connectivity index (χ1v) is 7.71. The molecule has 4 N–H and O–H groups in total. The fourth-order valence-corrected chi connectivity index (χ4v) is 2.72. The SMILES string of the molecule is Nc1c(Br)ccc(N(c2ccccc2)c2ccccc2)c1N. The van der Waals surface area contributed by atoms with Crippen molar-refractivity contribution < 1.29 is 0 Å². The molecule has 0 radical (unpaired) electrons. The predicted molar refractivity (Wildman–Crippen MR) is 97.6 cm³/mol. The van der Waals surface area contributed by atoms with Crippen LogP contribution >= 0.6 is 15.9 Å². The summed E-state index contributed by atoms with van der Waals surface area (Å²) in [6.45, 7) is 0. The number of hydrogen-bond donors (Lipinski definition) is 2. The lowest BCUT2D eigenvalue weighted by atomic mass is 10.1. The van der Waals surface area contributed by atoms with Crippen LogP contribution in [0, 0.1) is 0 Å². The number of rotatable bonds is 3. The summed E-state index contributed by atoms with van der Waals surface area (Å²) in [5.74, 6) is 0. The van der Waals surface area contributed by atoms with Gasteiger partial charge in [0, 0.05) is 15.8 Å². The van der Waals surface area contributed by atoms with Crippen molar-refractivity contribution >= 4 is 44.4 Å². The fraction of sp³-hybridized carbons (Fsp3) is 0. The van der Waals surface area contributed by atoms with Gasteiger partial charge in [0.15, 0.2) is 0 Å². The third-order valence-electron chi connectivity index (χ3n) is 3.48. The smallest absolute Gasteiger partial charge is 0.0804 e. The first-order valence-electron chi connectivity index (χ1n) is 6.92. The Kier molecular flexibility index (Phi) is 4.02. The van der Waals surface area contributed by atoms with E-state index in [1.807, 2.05) is 72.8 Å². The molecule has 0 aliphatic heterocycles. The van der Waals surface area contributed by atoms with Crippen molar-refractivity contribution in [3.8, 4) is 0 Å². The molecule has 3 aromatic rings. The van der Waals surface area contributed by atoms with Gasteiger partial charge in [-0.2, -0.15) is 0 Å². The highest BCUT2D eigenvalue weighted by atomic mass is 79.9. The molecule has 0 aliphatic rings. The van der Waals surface area contributed by atoms with Crippen molar-refractivity contribution in [2.75, 3.05) is 16.4 Å². The molecule has 0 aromatic heterocycles. The van der Waals surface area contributed by atoms with Crippen LogP contribution in [-0.2, 0) is 0 Å². The third kappa shape index (κ3) is 2.65. The molecule has 0 saturated heterocycles. The van der Waals surface area contributed by atoms with Gasteiger partial charge in [-0.05, 0) is 52.3 Å². The molecule has 0 unspecified atom stereocenters. The minimum atomic E-state index is 0.550. The lowest BCUT2D eigenvalue weighted by Crippen LogP contribution is -2.13. The predicted octanol–water partition coefficient (Wildman–Crippen LogP) is 5.08. The van der Waals surface area contributed by atoms with Gasteiger partial charge in [0.05, 0.1) is 17.1 Å². The molecule has 0 spiro atoms. The Balaban J connectivity index is 2.21. The van der Waals surface area contributed by atoms with E-state index in [0.717, 1.165) is 21.5 Å². The Morgan fingerprint density at radius 3 is 1.64 bits per heavy atom. The lowest BCUT2D eigenvalue weighted by Gasteiger charge is -2.27. The van der Waals surface area contributed by atoms with Crippen molar-refractivity contribution in [3.05, 3.63) is 77.3 Å². The van der Waals surface area contributed by atoms with E-state index < -0.39 is 0 Å². The van der Waals surface area contributed by atoms with E-state index in [0.29, 0.717) is 11.4 Å². The second-order valence-electron chi connectivity index (χ2n) is 4.90. The van der Waals surface area contributed by atoms with Crippen LogP contribution in [0.2, 0.25) is 0 Å². The maximum atomic E-state index is 6.26. The van der Waals surface area contributed by atoms with Crippen molar-refractivity contribution in [1.82, 2.24) is 0 Å². The number of halogens is 1. The molecule has 0 saturated carbocycles. The number of nitrogens with zero attached hydrogens (tertiary/aromatic N) is 1. The standard InChI is InChI=1S/C18H16BrN3/c19-15-11-12-16(18(21)17(15)20)22(13-7-3-1-4-8-13)14-9-5-2-6-10-14/h1-12H,20-21H2. The van der Waals surface area contributed by atoms with Gasteiger partial charge >= 0.3 is 0 Å². The van der Waals surface area contributed by atoms with Crippen LogP contribution < -0.4 is 16.4 Å². The van der Waals surface area contributed by atoms with Crippen LogP contribution in [0.1, 0.15) is 0 Å². The van der Waals surface area contributed by atoms with E-state index in [4.69, 9.17) is 11.5 Å². The van der Waals surface area contributed by atoms with Gasteiger partial charge in [-0.1, -0.05) is 36.4 Å². The molecule has 3 rings (SSSR count). The molecule has 0 atom stereocenters. The summed E-state index contributed by atoms with van der Waals surface area (Å²) in [5, 5.41) is 0. The Labute approximate surface area is 138 Å². The molecule has 0 fully saturated rings. The molecule has 4 heteroatoms. The molecule has 0 bridgehead atoms. The Hall–Kier alpha value is -2.46. The van der Waals surface area contributed by atoms with Crippen molar-refractivity contribution in [1.29, 1.82) is 0 Å². The molecule has 3 aromatic carbocycles. The minimum absolute atomic E-state index is 0.550. The second-order valence-corrected chi connectivity index (χ2v) is 5.75. The number of benzene rings is 3. The van der Waals surface area contributed by atoms with E-state index >= 15 is 0 Å². The van der Waals surface area contributed by atoms with Crippen LogP contribution in [0.15, 0.2) is 77.3 Å². The molecule has 3 nitrogen and oxygen atoms in total. The topological polar surface area (TPSA) is 55.3 Å². The summed E-state index contributed by atoms with van der Waals surface area (Å²) in [6, 6.07) is 24.1. The van der Waals surface area contributed by atoms with Gasteiger partial charge in [0.2, 0.25) is 0 Å². The van der Waals surface area contributed by atoms with E-state index in [9.17, 15) is 0 Å². The van der Waals surface area contributed by atoms with E-state index in [2.05, 4.69) is 20.8 Å². The lowest BCUT2D eigenvalue weighted by molar-refractivity contribution is 1.28. The van der Waals surface area contributed by atoms with Crippen LogP contribution in [0.25, 0.3) is 0 Å². The average Bonchev–Trinajstić information content (AvgIpc) is 2.57. The van der Waals surface area contributed by atoms with Crippen LogP contribution in [-0.4, -0.2) is 0 Å². The zero-order valence-electron chi connectivity index (χ0n) is 11.9. The Morgan fingerprint density at radius 1 is 0.636 bits per heavy atom. The molecule has 0 heterocycles. The van der Waals surface area contributed by atoms with Crippen molar-refractivity contribution in [2.24, 2.45) is 0 Å². The monoisotopic (exact) mass is 353 g/mol. The second kappa shape index (κ2) is 6.12. The van der Waals surface area contributed by atoms with Gasteiger partial charge in [-0.25, -0.2) is 0 Å². The molecule has 22 heavy (non-hydrogen) atoms. The first kappa shape index (κ1) is 14.5. The van der Waals surface area contributed by atoms with Crippen molar-refractivity contribution in [2.45, 2.75) is 0 Å². The van der Waals surface area contributed by atoms with Crippen LogP contribution in [0.4, 0.5) is 28.4 Å². The van der Waals surface area contributed by atoms with Gasteiger partial charge in [0.25, 0.3) is 0 Å². The summed E-state index contributed by atoms with van der Waals surface area (Å²) in [6.07, 6.45) is 0. The highest BCUT2D eigenvalue weighted by Gasteiger charge is 2.16. The molecular weight excluding hydrogens is 338 g/mol. The van der Waals surface area contributed by atoms with Crippen LogP contribution in [0.3, 0.4) is 0 Å². The maximum absolute atomic E-state index is 6.26. The highest BCUT2D eigenvalue weighted by molar-refractivity contribution is 9.10. The summed E-state index contributed by atoms with van der Waals surface area (Å²) in [4.78, 5) is 2.10. The number of anilines is 5. The van der Waals surface area contributed by atoms with Gasteiger partial charge in [0.1, 0.15) is 0 Å². The first-order chi connectivity index (χ1) is 10.7. The summed E-state index contributed by atoms with van der Waals surface area (Å²) in [5.41, 5.74) is 16.4. The van der Waals surface area contributed by atoms with Gasteiger partial charge in [-0.15, -0.1) is 0 Å². The zero-order chi connectivity index (χ0) is 15.5. The number of hydrogen-bond acceptors (Lipinski definition) is 3. The van der Waals surface area contributed by atoms with Gasteiger partial charge in [-0.3, -0.25) is 0 Å².